The molecule has 2 aromatic carbocycles. The van der Waals surface area contributed by atoms with E-state index in [2.05, 4.69) is 16.7 Å². The van der Waals surface area contributed by atoms with Crippen LogP contribution in [0.25, 0.3) is 0 Å². The largest absolute Gasteiger partial charge is 0.355 e. The van der Waals surface area contributed by atoms with Gasteiger partial charge in [-0.05, 0) is 37.6 Å². The molecule has 5 heteroatoms. The van der Waals surface area contributed by atoms with Crippen LogP contribution < -0.4 is 10.6 Å². The zero-order chi connectivity index (χ0) is 17.0. The lowest BCUT2D eigenvalue weighted by Gasteiger charge is -2.22. The third-order valence-corrected chi connectivity index (χ3v) is 3.61. The van der Waals surface area contributed by atoms with Gasteiger partial charge in [0, 0.05) is 12.7 Å². The predicted molar refractivity (Wildman–Crippen MR) is 88.2 cm³/mol. The summed E-state index contributed by atoms with van der Waals surface area (Å²) in [5.41, 5.74) is 0.343. The summed E-state index contributed by atoms with van der Waals surface area (Å²) in [6, 6.07) is 14.2. The summed E-state index contributed by atoms with van der Waals surface area (Å²) in [6.45, 7) is 3.41. The van der Waals surface area contributed by atoms with E-state index in [1.54, 1.807) is 32.0 Å². The van der Waals surface area contributed by atoms with E-state index < -0.39 is 17.1 Å². The van der Waals surface area contributed by atoms with Crippen molar-refractivity contribution >= 4 is 17.3 Å². The molecular weight excluding hydrogens is 293 g/mol. The summed E-state index contributed by atoms with van der Waals surface area (Å²) in [7, 11) is 1.44. The van der Waals surface area contributed by atoms with Crippen molar-refractivity contribution in [3.63, 3.8) is 0 Å². The van der Waals surface area contributed by atoms with Gasteiger partial charge >= 0.3 is 0 Å². The van der Waals surface area contributed by atoms with Gasteiger partial charge in [0.05, 0.1) is 22.7 Å². The van der Waals surface area contributed by atoms with Crippen LogP contribution in [0.4, 0.5) is 15.8 Å². The number of halogens is 1. The average Bonchev–Trinajstić information content (AvgIpc) is 2.56. The van der Waals surface area contributed by atoms with E-state index in [4.69, 9.17) is 0 Å². The molecule has 23 heavy (non-hydrogen) atoms. The molecule has 0 fully saturated rings. The van der Waals surface area contributed by atoms with Crippen LogP contribution in [0.15, 0.2) is 42.5 Å². The number of nitrogens with one attached hydrogen (secondary N) is 2. The molecule has 0 saturated carbocycles. The van der Waals surface area contributed by atoms with Crippen molar-refractivity contribution in [2.24, 2.45) is 0 Å². The molecule has 0 heterocycles. The smallest absolute Gasteiger partial charge is 0.254 e. The Hall–Kier alpha value is -2.87. The van der Waals surface area contributed by atoms with Gasteiger partial charge in [-0.2, -0.15) is 5.26 Å². The van der Waals surface area contributed by atoms with Crippen molar-refractivity contribution in [2.75, 3.05) is 12.4 Å². The van der Waals surface area contributed by atoms with Crippen LogP contribution >= 0.6 is 0 Å². The predicted octanol–water partition coefficient (Wildman–Crippen LogP) is 3.73. The maximum Gasteiger partial charge on any atom is 0.254 e. The number of nitriles is 1. The molecule has 0 radical (unpaired) electrons. The molecule has 0 aliphatic carbocycles. The van der Waals surface area contributed by atoms with Crippen LogP contribution in [-0.2, 0) is 5.41 Å². The van der Waals surface area contributed by atoms with Crippen molar-refractivity contribution < 1.29 is 9.18 Å². The topological polar surface area (TPSA) is 64.9 Å². The Morgan fingerprint density at radius 2 is 1.83 bits per heavy atom. The lowest BCUT2D eigenvalue weighted by molar-refractivity contribution is 0.0959. The molecule has 2 rings (SSSR count). The summed E-state index contributed by atoms with van der Waals surface area (Å²) in [5, 5.41) is 14.8. The van der Waals surface area contributed by atoms with Gasteiger partial charge in [-0.1, -0.05) is 24.3 Å². The number of rotatable bonds is 4. The van der Waals surface area contributed by atoms with Crippen LogP contribution in [0.3, 0.4) is 0 Å². The number of para-hydroxylation sites is 1. The van der Waals surface area contributed by atoms with Gasteiger partial charge < -0.3 is 10.6 Å². The summed E-state index contributed by atoms with van der Waals surface area (Å²) in [4.78, 5) is 11.8. The number of hydrogen-bond donors (Lipinski definition) is 2. The summed E-state index contributed by atoms with van der Waals surface area (Å²) >= 11 is 0. The number of benzene rings is 2. The zero-order valence-electron chi connectivity index (χ0n) is 13.3. The molecule has 0 aliphatic heterocycles. The zero-order valence-corrected chi connectivity index (χ0v) is 13.3. The lowest BCUT2D eigenvalue weighted by atomic mass is 9.84. The number of carbonyl (C=O) groups excluding carboxylic acids is 1. The quantitative estimate of drug-likeness (QED) is 0.904. The summed E-state index contributed by atoms with van der Waals surface area (Å²) in [6.07, 6.45) is 0. The van der Waals surface area contributed by atoms with E-state index in [0.717, 1.165) is 0 Å². The molecule has 0 unspecified atom stereocenters. The Labute approximate surface area is 134 Å². The fourth-order valence-corrected chi connectivity index (χ4v) is 2.26. The van der Waals surface area contributed by atoms with Gasteiger partial charge in [-0.3, -0.25) is 4.79 Å². The van der Waals surface area contributed by atoms with Gasteiger partial charge in [0.15, 0.2) is 5.82 Å². The highest BCUT2D eigenvalue weighted by Gasteiger charge is 2.28. The molecular formula is C18H18FN3O. The van der Waals surface area contributed by atoms with E-state index >= 15 is 0 Å². The molecule has 2 N–H and O–H groups in total. The van der Waals surface area contributed by atoms with Gasteiger partial charge in [0.25, 0.3) is 5.91 Å². The van der Waals surface area contributed by atoms with Crippen LogP contribution in [0.1, 0.15) is 29.8 Å². The van der Waals surface area contributed by atoms with Crippen LogP contribution in [0.2, 0.25) is 0 Å². The van der Waals surface area contributed by atoms with Crippen molar-refractivity contribution in [2.45, 2.75) is 19.3 Å². The Bertz CT molecular complexity index is 764. The second-order valence-corrected chi connectivity index (χ2v) is 5.66. The minimum absolute atomic E-state index is 0.0663. The maximum absolute atomic E-state index is 14.9. The first-order valence-electron chi connectivity index (χ1n) is 7.19. The summed E-state index contributed by atoms with van der Waals surface area (Å²) in [5.74, 6) is -1.19. The molecule has 118 valence electrons. The Morgan fingerprint density at radius 1 is 1.17 bits per heavy atom. The van der Waals surface area contributed by atoms with Crippen molar-refractivity contribution in [1.29, 1.82) is 5.26 Å². The SMILES string of the molecule is CNC(=O)c1ccc(C(C)(C)C#N)c(Nc2ccccc2)c1F. The van der Waals surface area contributed by atoms with Crippen LogP contribution in [0, 0.1) is 17.1 Å². The molecule has 0 bridgehead atoms. The minimum Gasteiger partial charge on any atom is -0.355 e. The first kappa shape index (κ1) is 16.5. The average molecular weight is 311 g/mol. The highest BCUT2D eigenvalue weighted by Crippen LogP contribution is 2.35. The standard InChI is InChI=1S/C18H18FN3O/c1-18(2,11-20)14-10-9-13(17(23)21-3)15(19)16(14)22-12-7-5-4-6-8-12/h4-10,22H,1-3H3,(H,21,23). The van der Waals surface area contributed by atoms with E-state index in [9.17, 15) is 14.4 Å². The molecule has 0 spiro atoms. The second-order valence-electron chi connectivity index (χ2n) is 5.66. The maximum atomic E-state index is 14.9. The van der Waals surface area contributed by atoms with Crippen LogP contribution in [-0.4, -0.2) is 13.0 Å². The van der Waals surface area contributed by atoms with E-state index in [1.807, 2.05) is 18.2 Å². The van der Waals surface area contributed by atoms with Gasteiger partial charge in [0.1, 0.15) is 0 Å². The molecule has 1 amide bonds. The van der Waals surface area contributed by atoms with E-state index in [-0.39, 0.29) is 11.3 Å². The van der Waals surface area contributed by atoms with Crippen LogP contribution in [0.5, 0.6) is 0 Å². The Balaban J connectivity index is 2.63. The van der Waals surface area contributed by atoms with Crippen molar-refractivity contribution in [3.8, 4) is 6.07 Å². The van der Waals surface area contributed by atoms with E-state index in [0.29, 0.717) is 11.3 Å². The Morgan fingerprint density at radius 3 is 2.39 bits per heavy atom. The molecule has 0 saturated heterocycles. The first-order chi connectivity index (χ1) is 10.9. The summed E-state index contributed by atoms with van der Waals surface area (Å²) < 4.78 is 14.9. The third-order valence-electron chi connectivity index (χ3n) is 3.61. The monoisotopic (exact) mass is 311 g/mol. The fraction of sp³-hybridized carbons (Fsp3) is 0.222. The number of nitrogens with zero attached hydrogens (tertiary/aromatic N) is 1. The number of anilines is 2. The van der Waals surface area contributed by atoms with Crippen molar-refractivity contribution in [1.82, 2.24) is 5.32 Å². The van der Waals surface area contributed by atoms with Gasteiger partial charge in [0.2, 0.25) is 0 Å². The molecule has 2 aromatic rings. The normalized spacial score (nSPS) is 10.7. The second kappa shape index (κ2) is 6.49. The first-order valence-corrected chi connectivity index (χ1v) is 7.19. The number of amides is 1. The highest BCUT2D eigenvalue weighted by atomic mass is 19.1. The molecule has 4 nitrogen and oxygen atoms in total. The molecule has 0 aromatic heterocycles. The molecule has 0 aliphatic rings. The fourth-order valence-electron chi connectivity index (χ4n) is 2.26. The number of carbonyl (C=O) groups is 1. The minimum atomic E-state index is -0.904. The third kappa shape index (κ3) is 3.32. The van der Waals surface area contributed by atoms with Crippen molar-refractivity contribution in [3.05, 3.63) is 59.4 Å². The lowest BCUT2D eigenvalue weighted by Crippen LogP contribution is -2.22. The number of hydrogen-bond acceptors (Lipinski definition) is 3. The van der Waals surface area contributed by atoms with Gasteiger partial charge in [-0.15, -0.1) is 0 Å². The molecule has 0 atom stereocenters. The highest BCUT2D eigenvalue weighted by molar-refractivity contribution is 5.96. The Kier molecular flexibility index (Phi) is 4.65. The van der Waals surface area contributed by atoms with E-state index in [1.165, 1.54) is 13.1 Å². The van der Waals surface area contributed by atoms with Gasteiger partial charge in [-0.25, -0.2) is 4.39 Å².